The van der Waals surface area contributed by atoms with Gasteiger partial charge in [0.05, 0.1) is 18.3 Å². The quantitative estimate of drug-likeness (QED) is 0.870. The average Bonchev–Trinajstić information content (AvgIpc) is 2.62. The molecule has 0 radical (unpaired) electrons. The van der Waals surface area contributed by atoms with Crippen LogP contribution in [0.2, 0.25) is 0 Å². The number of rotatable bonds is 4. The Morgan fingerprint density at radius 2 is 2.17 bits per heavy atom. The van der Waals surface area contributed by atoms with Crippen molar-refractivity contribution in [2.24, 2.45) is 5.41 Å². The molecule has 6 heteroatoms. The van der Waals surface area contributed by atoms with Gasteiger partial charge in [0.25, 0.3) is 5.91 Å². The molecule has 1 aromatic carbocycles. The van der Waals surface area contributed by atoms with Gasteiger partial charge in [0.2, 0.25) is 0 Å². The fraction of sp³-hybridized carbons (Fsp3) is 0.611. The monoisotopic (exact) mass is 335 g/mol. The molecule has 6 nitrogen and oxygen atoms in total. The molecule has 1 fully saturated rings. The lowest BCUT2D eigenvalue weighted by Gasteiger charge is -2.45. The molecule has 1 saturated heterocycles. The number of nitrogens with zero attached hydrogens (tertiary/aromatic N) is 1. The number of carbonyl (C=O) groups is 1. The predicted octanol–water partition coefficient (Wildman–Crippen LogP) is 1.44. The van der Waals surface area contributed by atoms with Gasteiger partial charge in [0.1, 0.15) is 13.2 Å². The number of aliphatic hydroxyl groups excluding tert-OH is 2. The number of benzene rings is 1. The van der Waals surface area contributed by atoms with Crippen LogP contribution >= 0.6 is 0 Å². The normalized spacial score (nSPS) is 26.3. The Morgan fingerprint density at radius 1 is 1.38 bits per heavy atom. The van der Waals surface area contributed by atoms with Gasteiger partial charge in [-0.3, -0.25) is 4.79 Å². The van der Waals surface area contributed by atoms with Crippen LogP contribution in [0, 0.1) is 5.41 Å². The fourth-order valence-corrected chi connectivity index (χ4v) is 3.71. The van der Waals surface area contributed by atoms with Gasteiger partial charge < -0.3 is 24.6 Å². The van der Waals surface area contributed by atoms with Crippen LogP contribution in [0.3, 0.4) is 0 Å². The Morgan fingerprint density at radius 3 is 2.92 bits per heavy atom. The number of hydrogen-bond donors (Lipinski definition) is 2. The fourth-order valence-electron chi connectivity index (χ4n) is 3.71. The Balaban J connectivity index is 1.85. The molecular weight excluding hydrogens is 310 g/mol. The Hall–Kier alpha value is -1.79. The molecule has 2 aliphatic rings. The molecule has 24 heavy (non-hydrogen) atoms. The van der Waals surface area contributed by atoms with E-state index in [-0.39, 0.29) is 12.5 Å². The van der Waals surface area contributed by atoms with E-state index in [0.29, 0.717) is 56.2 Å². The zero-order valence-corrected chi connectivity index (χ0v) is 14.0. The molecule has 2 aliphatic heterocycles. The molecule has 132 valence electrons. The highest BCUT2D eigenvalue weighted by atomic mass is 16.6. The molecule has 0 saturated carbocycles. The molecule has 1 amide bonds. The second kappa shape index (κ2) is 6.99. The van der Waals surface area contributed by atoms with E-state index in [9.17, 15) is 15.0 Å². The summed E-state index contributed by atoms with van der Waals surface area (Å²) in [6.07, 6.45) is 1.41. The van der Waals surface area contributed by atoms with Crippen LogP contribution in [0.1, 0.15) is 36.5 Å². The first-order valence-corrected chi connectivity index (χ1v) is 8.58. The van der Waals surface area contributed by atoms with E-state index in [1.165, 1.54) is 0 Å². The molecule has 1 aromatic rings. The molecule has 0 aromatic heterocycles. The highest BCUT2D eigenvalue weighted by Gasteiger charge is 2.43. The molecule has 2 atom stereocenters. The first-order chi connectivity index (χ1) is 11.6. The Labute approximate surface area is 142 Å². The lowest BCUT2D eigenvalue weighted by molar-refractivity contribution is -0.0720. The van der Waals surface area contributed by atoms with Crippen molar-refractivity contribution in [3.63, 3.8) is 0 Å². The van der Waals surface area contributed by atoms with Crippen molar-refractivity contribution in [2.45, 2.75) is 32.3 Å². The highest BCUT2D eigenvalue weighted by Crippen LogP contribution is 2.38. The number of aliphatic hydroxyl groups is 2. The van der Waals surface area contributed by atoms with Gasteiger partial charge in [0.15, 0.2) is 11.5 Å². The first-order valence-electron chi connectivity index (χ1n) is 8.58. The first kappa shape index (κ1) is 17.0. The van der Waals surface area contributed by atoms with Crippen LogP contribution in [-0.2, 0) is 0 Å². The van der Waals surface area contributed by atoms with E-state index >= 15 is 0 Å². The second-order valence-corrected chi connectivity index (χ2v) is 6.63. The number of amides is 1. The van der Waals surface area contributed by atoms with E-state index in [1.54, 1.807) is 23.1 Å². The maximum atomic E-state index is 13.0. The van der Waals surface area contributed by atoms with Crippen molar-refractivity contribution < 1.29 is 24.5 Å². The number of para-hydroxylation sites is 1. The minimum absolute atomic E-state index is 0.127. The molecule has 0 spiro atoms. The molecule has 0 bridgehead atoms. The maximum absolute atomic E-state index is 13.0. The van der Waals surface area contributed by atoms with Crippen LogP contribution in [0.15, 0.2) is 18.2 Å². The summed E-state index contributed by atoms with van der Waals surface area (Å²) >= 11 is 0. The summed E-state index contributed by atoms with van der Waals surface area (Å²) in [7, 11) is 0. The predicted molar refractivity (Wildman–Crippen MR) is 88.4 cm³/mol. The van der Waals surface area contributed by atoms with Crippen molar-refractivity contribution in [3.05, 3.63) is 23.8 Å². The zero-order chi connectivity index (χ0) is 17.2. The number of likely N-dealkylation sites (tertiary alicyclic amines) is 1. The number of fused-ring (bicyclic) bond motifs is 1. The summed E-state index contributed by atoms with van der Waals surface area (Å²) < 4.78 is 11.2. The van der Waals surface area contributed by atoms with Crippen LogP contribution < -0.4 is 9.47 Å². The van der Waals surface area contributed by atoms with Crippen LogP contribution in [0.4, 0.5) is 0 Å². The van der Waals surface area contributed by atoms with E-state index in [2.05, 4.69) is 0 Å². The summed E-state index contributed by atoms with van der Waals surface area (Å²) in [5, 5.41) is 20.2. The number of piperidine rings is 1. The van der Waals surface area contributed by atoms with Gasteiger partial charge >= 0.3 is 0 Å². The minimum atomic E-state index is -0.644. The topological polar surface area (TPSA) is 79.2 Å². The summed E-state index contributed by atoms with van der Waals surface area (Å²) in [5.74, 6) is 0.939. The third kappa shape index (κ3) is 2.96. The molecule has 3 rings (SSSR count). The summed E-state index contributed by atoms with van der Waals surface area (Å²) in [6.45, 7) is 3.61. The van der Waals surface area contributed by atoms with Crippen LogP contribution in [0.25, 0.3) is 0 Å². The number of hydrogen-bond acceptors (Lipinski definition) is 5. The summed E-state index contributed by atoms with van der Waals surface area (Å²) in [4.78, 5) is 14.7. The summed E-state index contributed by atoms with van der Waals surface area (Å²) in [5.41, 5.74) is -0.165. The van der Waals surface area contributed by atoms with Gasteiger partial charge in [-0.2, -0.15) is 0 Å². The van der Waals surface area contributed by atoms with Crippen LogP contribution in [-0.4, -0.2) is 60.0 Å². The van der Waals surface area contributed by atoms with E-state index in [4.69, 9.17) is 9.47 Å². The Kier molecular flexibility index (Phi) is 4.96. The maximum Gasteiger partial charge on any atom is 0.257 e. The summed E-state index contributed by atoms with van der Waals surface area (Å²) in [6, 6.07) is 5.31. The third-order valence-electron chi connectivity index (χ3n) is 5.03. The lowest BCUT2D eigenvalue weighted by atomic mass is 9.74. The van der Waals surface area contributed by atoms with Gasteiger partial charge in [-0.25, -0.2) is 0 Å². The van der Waals surface area contributed by atoms with Crippen molar-refractivity contribution in [2.75, 3.05) is 32.9 Å². The average molecular weight is 335 g/mol. The molecule has 2 N–H and O–H groups in total. The van der Waals surface area contributed by atoms with E-state index < -0.39 is 11.5 Å². The largest absolute Gasteiger partial charge is 0.486 e. The standard InChI is InChI=1S/C18H25NO5/c1-2-7-18(12-20)11-19(8-6-15(18)21)17(22)13-4-3-5-14-16(13)24-10-9-23-14/h3-5,15,20-21H,2,6-12H2,1H3/t15?,18-/m1/s1. The van der Waals surface area contributed by atoms with Gasteiger partial charge in [-0.1, -0.05) is 19.4 Å². The smallest absolute Gasteiger partial charge is 0.257 e. The van der Waals surface area contributed by atoms with Crippen molar-refractivity contribution in [3.8, 4) is 11.5 Å². The molecule has 0 aliphatic carbocycles. The van der Waals surface area contributed by atoms with E-state index in [0.717, 1.165) is 6.42 Å². The van der Waals surface area contributed by atoms with Crippen molar-refractivity contribution >= 4 is 5.91 Å². The number of ether oxygens (including phenoxy) is 2. The third-order valence-corrected chi connectivity index (χ3v) is 5.03. The van der Waals surface area contributed by atoms with Gasteiger partial charge in [-0.15, -0.1) is 0 Å². The van der Waals surface area contributed by atoms with Crippen molar-refractivity contribution in [1.29, 1.82) is 0 Å². The van der Waals surface area contributed by atoms with Gasteiger partial charge in [0, 0.05) is 18.5 Å². The van der Waals surface area contributed by atoms with Crippen LogP contribution in [0.5, 0.6) is 11.5 Å². The minimum Gasteiger partial charge on any atom is -0.486 e. The zero-order valence-electron chi connectivity index (χ0n) is 14.0. The molecule has 2 heterocycles. The second-order valence-electron chi connectivity index (χ2n) is 6.63. The van der Waals surface area contributed by atoms with E-state index in [1.807, 2.05) is 6.92 Å². The molecular formula is C18H25NO5. The highest BCUT2D eigenvalue weighted by molar-refractivity contribution is 5.98. The Bertz CT molecular complexity index is 605. The molecule has 1 unspecified atom stereocenters. The number of carbonyl (C=O) groups excluding carboxylic acids is 1. The lowest BCUT2D eigenvalue weighted by Crippen LogP contribution is -2.55. The van der Waals surface area contributed by atoms with Crippen molar-refractivity contribution in [1.82, 2.24) is 4.90 Å². The SMILES string of the molecule is CCC[C@]1(CO)CN(C(=O)c2cccc3c2OCCO3)CCC1O. The van der Waals surface area contributed by atoms with Gasteiger partial charge in [-0.05, 0) is 25.0 Å².